The van der Waals surface area contributed by atoms with E-state index in [0.717, 1.165) is 6.20 Å². The van der Waals surface area contributed by atoms with Gasteiger partial charge in [0.05, 0.1) is 18.0 Å². The maximum absolute atomic E-state index is 11.2. The van der Waals surface area contributed by atoms with E-state index >= 15 is 0 Å². The van der Waals surface area contributed by atoms with Crippen LogP contribution in [0.4, 0.5) is 5.69 Å². The summed E-state index contributed by atoms with van der Waals surface area (Å²) in [5, 5.41) is 10.7. The van der Waals surface area contributed by atoms with E-state index in [1.165, 1.54) is 6.07 Å². The minimum Gasteiger partial charge on any atom is -0.466 e. The van der Waals surface area contributed by atoms with Crippen LogP contribution in [0.25, 0.3) is 0 Å². The first-order chi connectivity index (χ1) is 7.54. The number of aromatic nitrogens is 1. The number of esters is 1. The highest BCUT2D eigenvalue weighted by molar-refractivity contribution is 6.29. The summed E-state index contributed by atoms with van der Waals surface area (Å²) in [6.45, 7) is 1.89. The summed E-state index contributed by atoms with van der Waals surface area (Å²) in [6, 6.07) is 1.29. The lowest BCUT2D eigenvalue weighted by molar-refractivity contribution is -0.385. The maximum atomic E-state index is 11.2. The molecule has 86 valence electrons. The van der Waals surface area contributed by atoms with Gasteiger partial charge in [-0.1, -0.05) is 11.6 Å². The Balaban J connectivity index is 2.96. The van der Waals surface area contributed by atoms with Crippen molar-refractivity contribution in [2.24, 2.45) is 0 Å². The average molecular weight is 245 g/mol. The summed E-state index contributed by atoms with van der Waals surface area (Å²) >= 11 is 5.60. The Kier molecular flexibility index (Phi) is 4.19. The number of rotatable bonds is 4. The normalized spacial score (nSPS) is 9.88. The zero-order valence-electron chi connectivity index (χ0n) is 8.47. The lowest BCUT2D eigenvalue weighted by atomic mass is 10.1. The van der Waals surface area contributed by atoms with Crippen LogP contribution in [0, 0.1) is 10.1 Å². The predicted molar refractivity (Wildman–Crippen MR) is 56.2 cm³/mol. The average Bonchev–Trinajstić information content (AvgIpc) is 2.17. The molecule has 0 aliphatic heterocycles. The molecule has 1 rings (SSSR count). The zero-order valence-corrected chi connectivity index (χ0v) is 9.23. The summed E-state index contributed by atoms with van der Waals surface area (Å²) in [5.41, 5.74) is -0.0408. The van der Waals surface area contributed by atoms with Gasteiger partial charge in [0, 0.05) is 5.56 Å². The molecule has 6 nitrogen and oxygen atoms in total. The van der Waals surface area contributed by atoms with Crippen molar-refractivity contribution in [3.05, 3.63) is 33.1 Å². The second-order valence-electron chi connectivity index (χ2n) is 2.87. The van der Waals surface area contributed by atoms with Crippen molar-refractivity contribution < 1.29 is 14.5 Å². The molecule has 1 aromatic heterocycles. The first kappa shape index (κ1) is 12.4. The minimum absolute atomic E-state index is 0.102. The number of hydrogen-bond donors (Lipinski definition) is 0. The highest BCUT2D eigenvalue weighted by Gasteiger charge is 2.18. The van der Waals surface area contributed by atoms with E-state index in [1.54, 1.807) is 6.92 Å². The number of hydrogen-bond acceptors (Lipinski definition) is 5. The Labute approximate surface area is 96.3 Å². The summed E-state index contributed by atoms with van der Waals surface area (Å²) in [4.78, 5) is 24.8. The van der Waals surface area contributed by atoms with Gasteiger partial charge in [-0.2, -0.15) is 0 Å². The van der Waals surface area contributed by atoms with E-state index in [2.05, 4.69) is 4.98 Å². The van der Waals surface area contributed by atoms with Gasteiger partial charge in [0.25, 0.3) is 5.69 Å². The van der Waals surface area contributed by atoms with Gasteiger partial charge in [0.15, 0.2) is 0 Å². The molecule has 0 atom stereocenters. The van der Waals surface area contributed by atoms with Crippen LogP contribution >= 0.6 is 11.6 Å². The largest absolute Gasteiger partial charge is 0.466 e. The topological polar surface area (TPSA) is 82.3 Å². The molecule has 0 aromatic carbocycles. The molecule has 0 aliphatic rings. The summed E-state index contributed by atoms with van der Waals surface area (Å²) < 4.78 is 4.70. The van der Waals surface area contributed by atoms with Crippen LogP contribution in [0.1, 0.15) is 12.5 Å². The van der Waals surface area contributed by atoms with Crippen LogP contribution in [-0.2, 0) is 16.0 Å². The Morgan fingerprint density at radius 3 is 2.94 bits per heavy atom. The molecule has 1 heterocycles. The molecule has 0 amide bonds. The van der Waals surface area contributed by atoms with Crippen molar-refractivity contribution in [1.82, 2.24) is 4.98 Å². The van der Waals surface area contributed by atoms with Crippen LogP contribution in [0.15, 0.2) is 12.3 Å². The Hall–Kier alpha value is -1.69. The second kappa shape index (κ2) is 5.41. The number of nitro groups is 1. The van der Waals surface area contributed by atoms with Crippen molar-refractivity contribution >= 4 is 23.3 Å². The highest BCUT2D eigenvalue weighted by atomic mass is 35.5. The third kappa shape index (κ3) is 3.16. The van der Waals surface area contributed by atoms with Crippen LogP contribution in [-0.4, -0.2) is 22.5 Å². The molecule has 1 aromatic rings. The monoisotopic (exact) mass is 244 g/mol. The van der Waals surface area contributed by atoms with Gasteiger partial charge in [-0.15, -0.1) is 0 Å². The summed E-state index contributed by atoms with van der Waals surface area (Å²) in [6.07, 6.45) is 0.837. The molecule has 7 heteroatoms. The van der Waals surface area contributed by atoms with Gasteiger partial charge in [0.2, 0.25) is 0 Å². The molecular formula is C9H9ClN2O4. The lowest BCUT2D eigenvalue weighted by Gasteiger charge is -2.03. The molecule has 16 heavy (non-hydrogen) atoms. The Morgan fingerprint density at radius 2 is 2.38 bits per heavy atom. The molecule has 0 saturated heterocycles. The Morgan fingerprint density at radius 1 is 1.69 bits per heavy atom. The summed E-state index contributed by atoms with van der Waals surface area (Å²) in [5.74, 6) is -0.534. The molecular weight excluding hydrogens is 236 g/mol. The van der Waals surface area contributed by atoms with Crippen LogP contribution < -0.4 is 0 Å². The fourth-order valence-corrected chi connectivity index (χ4v) is 1.31. The van der Waals surface area contributed by atoms with E-state index in [4.69, 9.17) is 16.3 Å². The third-order valence-corrected chi connectivity index (χ3v) is 1.98. The number of pyridine rings is 1. The molecule has 0 bridgehead atoms. The minimum atomic E-state index is -0.613. The quantitative estimate of drug-likeness (QED) is 0.349. The fourth-order valence-electron chi connectivity index (χ4n) is 1.13. The molecule has 0 unspecified atom stereocenters. The first-order valence-electron chi connectivity index (χ1n) is 4.49. The third-order valence-electron chi connectivity index (χ3n) is 1.77. The number of carbonyl (C=O) groups excluding carboxylic acids is 1. The molecule has 0 radical (unpaired) electrons. The maximum Gasteiger partial charge on any atom is 0.310 e. The van der Waals surface area contributed by atoms with E-state index in [-0.39, 0.29) is 29.4 Å². The first-order valence-corrected chi connectivity index (χ1v) is 4.86. The van der Waals surface area contributed by atoms with Gasteiger partial charge in [0.1, 0.15) is 11.3 Å². The van der Waals surface area contributed by atoms with Crippen molar-refractivity contribution in [2.45, 2.75) is 13.3 Å². The molecule has 0 aliphatic carbocycles. The van der Waals surface area contributed by atoms with E-state index in [9.17, 15) is 14.9 Å². The smallest absolute Gasteiger partial charge is 0.310 e. The van der Waals surface area contributed by atoms with Gasteiger partial charge >= 0.3 is 5.97 Å². The predicted octanol–water partition coefficient (Wildman–Crippen LogP) is 1.75. The molecule has 0 saturated carbocycles. The van der Waals surface area contributed by atoms with E-state index < -0.39 is 10.9 Å². The fraction of sp³-hybridized carbons (Fsp3) is 0.333. The van der Waals surface area contributed by atoms with Crippen molar-refractivity contribution in [3.63, 3.8) is 0 Å². The van der Waals surface area contributed by atoms with Gasteiger partial charge < -0.3 is 4.74 Å². The SMILES string of the molecule is CCOC(=O)Cc1cc(Cl)ncc1[N+](=O)[O-]. The number of ether oxygens (including phenoxy) is 1. The second-order valence-corrected chi connectivity index (χ2v) is 3.26. The highest BCUT2D eigenvalue weighted by Crippen LogP contribution is 2.21. The Bertz CT molecular complexity index is 422. The van der Waals surface area contributed by atoms with Crippen LogP contribution in [0.5, 0.6) is 0 Å². The summed E-state index contributed by atoms with van der Waals surface area (Å²) in [7, 11) is 0. The number of carbonyl (C=O) groups is 1. The number of nitrogens with zero attached hydrogens (tertiary/aromatic N) is 2. The van der Waals surface area contributed by atoms with Crippen LogP contribution in [0.2, 0.25) is 5.15 Å². The van der Waals surface area contributed by atoms with Crippen molar-refractivity contribution in [3.8, 4) is 0 Å². The van der Waals surface area contributed by atoms with E-state index in [1.807, 2.05) is 0 Å². The lowest BCUT2D eigenvalue weighted by Crippen LogP contribution is -2.09. The van der Waals surface area contributed by atoms with Crippen molar-refractivity contribution in [2.75, 3.05) is 6.61 Å². The van der Waals surface area contributed by atoms with Gasteiger partial charge in [-0.3, -0.25) is 14.9 Å². The molecule has 0 spiro atoms. The standard InChI is InChI=1S/C9H9ClN2O4/c1-2-16-9(13)4-6-3-8(10)11-5-7(6)12(14)15/h3,5H,2,4H2,1H3. The van der Waals surface area contributed by atoms with Gasteiger partial charge in [-0.25, -0.2) is 4.98 Å². The van der Waals surface area contributed by atoms with E-state index in [0.29, 0.717) is 0 Å². The van der Waals surface area contributed by atoms with Crippen molar-refractivity contribution in [1.29, 1.82) is 0 Å². The van der Waals surface area contributed by atoms with Gasteiger partial charge in [-0.05, 0) is 13.0 Å². The molecule has 0 N–H and O–H groups in total. The zero-order chi connectivity index (χ0) is 12.1. The number of halogens is 1. The molecule has 0 fully saturated rings. The van der Waals surface area contributed by atoms with Crippen LogP contribution in [0.3, 0.4) is 0 Å².